The molecule has 3 aromatic rings. The van der Waals surface area contributed by atoms with E-state index >= 15 is 0 Å². The van der Waals surface area contributed by atoms with Gasteiger partial charge in [0.1, 0.15) is 5.82 Å². The van der Waals surface area contributed by atoms with E-state index in [2.05, 4.69) is 5.32 Å². The lowest BCUT2D eigenvalue weighted by molar-refractivity contribution is -0.119. The Morgan fingerprint density at radius 3 is 2.32 bits per heavy atom. The molecule has 0 radical (unpaired) electrons. The molecule has 0 bridgehead atoms. The van der Waals surface area contributed by atoms with Gasteiger partial charge >= 0.3 is 5.97 Å². The number of anilines is 1. The quantitative estimate of drug-likeness (QED) is 0.486. The van der Waals surface area contributed by atoms with E-state index in [-0.39, 0.29) is 33.2 Å². The summed E-state index contributed by atoms with van der Waals surface area (Å²) in [7, 11) is 0. The molecule has 1 aliphatic rings. The Morgan fingerprint density at radius 2 is 1.58 bits per heavy atom. The van der Waals surface area contributed by atoms with Gasteiger partial charge in [-0.1, -0.05) is 48.0 Å². The van der Waals surface area contributed by atoms with E-state index in [4.69, 9.17) is 16.3 Å². The van der Waals surface area contributed by atoms with E-state index in [1.54, 1.807) is 24.3 Å². The van der Waals surface area contributed by atoms with Gasteiger partial charge in [-0.2, -0.15) is 0 Å². The molecule has 31 heavy (non-hydrogen) atoms. The third-order valence-electron chi connectivity index (χ3n) is 4.71. The van der Waals surface area contributed by atoms with Gasteiger partial charge in [-0.3, -0.25) is 14.4 Å². The van der Waals surface area contributed by atoms with Crippen molar-refractivity contribution in [2.24, 2.45) is 0 Å². The molecule has 4 rings (SSSR count). The second kappa shape index (κ2) is 8.12. The minimum Gasteiger partial charge on any atom is -0.452 e. The first-order valence-electron chi connectivity index (χ1n) is 9.10. The Bertz CT molecular complexity index is 1270. The van der Waals surface area contributed by atoms with E-state index in [1.807, 2.05) is 0 Å². The van der Waals surface area contributed by atoms with Crippen molar-refractivity contribution in [1.29, 1.82) is 0 Å². The molecule has 1 amide bonds. The second-order valence-electron chi connectivity index (χ2n) is 6.68. The number of nitrogens with one attached hydrogen (secondary N) is 1. The molecule has 0 unspecified atom stereocenters. The van der Waals surface area contributed by atoms with Crippen molar-refractivity contribution < 1.29 is 28.3 Å². The van der Waals surface area contributed by atoms with Crippen LogP contribution in [0.4, 0.5) is 10.1 Å². The smallest absolute Gasteiger partial charge is 0.341 e. The van der Waals surface area contributed by atoms with Crippen LogP contribution in [-0.2, 0) is 9.53 Å². The number of esters is 1. The summed E-state index contributed by atoms with van der Waals surface area (Å²) in [6.45, 7) is -0.729. The molecule has 8 heteroatoms. The number of fused-ring (bicyclic) bond motifs is 2. The van der Waals surface area contributed by atoms with Gasteiger partial charge in [-0.25, -0.2) is 9.18 Å². The Labute approximate surface area is 180 Å². The molecule has 3 aromatic carbocycles. The van der Waals surface area contributed by atoms with Crippen LogP contribution in [0.2, 0.25) is 5.02 Å². The normalized spacial score (nSPS) is 12.1. The molecule has 0 aliphatic heterocycles. The van der Waals surface area contributed by atoms with E-state index < -0.39 is 35.6 Å². The van der Waals surface area contributed by atoms with Crippen molar-refractivity contribution in [2.45, 2.75) is 0 Å². The predicted octanol–water partition coefficient (Wildman–Crippen LogP) is 4.05. The summed E-state index contributed by atoms with van der Waals surface area (Å²) in [6.07, 6.45) is 0. The zero-order valence-corrected chi connectivity index (χ0v) is 16.5. The minimum atomic E-state index is -1.06. The van der Waals surface area contributed by atoms with Crippen LogP contribution in [-0.4, -0.2) is 30.0 Å². The van der Waals surface area contributed by atoms with E-state index in [1.165, 1.54) is 24.3 Å². The summed E-state index contributed by atoms with van der Waals surface area (Å²) in [5.74, 6) is -3.40. The van der Waals surface area contributed by atoms with Gasteiger partial charge in [0.05, 0.1) is 16.8 Å². The van der Waals surface area contributed by atoms with Crippen molar-refractivity contribution in [3.8, 4) is 0 Å². The number of benzene rings is 3. The van der Waals surface area contributed by atoms with Crippen molar-refractivity contribution in [3.63, 3.8) is 0 Å². The molecule has 0 saturated carbocycles. The number of rotatable bonds is 4. The van der Waals surface area contributed by atoms with Crippen molar-refractivity contribution in [1.82, 2.24) is 0 Å². The van der Waals surface area contributed by atoms with E-state index in [9.17, 15) is 23.6 Å². The molecule has 1 N–H and O–H groups in total. The minimum absolute atomic E-state index is 0.0618. The maximum Gasteiger partial charge on any atom is 0.341 e. The van der Waals surface area contributed by atoms with Gasteiger partial charge in [0.25, 0.3) is 5.91 Å². The highest BCUT2D eigenvalue weighted by atomic mass is 35.5. The lowest BCUT2D eigenvalue weighted by Crippen LogP contribution is -2.26. The third kappa shape index (κ3) is 3.83. The zero-order chi connectivity index (χ0) is 22.1. The molecular weight excluding hydrogens is 425 g/mol. The highest BCUT2D eigenvalue weighted by Gasteiger charge is 2.31. The van der Waals surface area contributed by atoms with E-state index in [0.29, 0.717) is 5.56 Å². The first-order valence-corrected chi connectivity index (χ1v) is 9.48. The molecule has 1 aliphatic carbocycles. The van der Waals surface area contributed by atoms with Crippen LogP contribution in [0.25, 0.3) is 0 Å². The largest absolute Gasteiger partial charge is 0.452 e. The highest BCUT2D eigenvalue weighted by Crippen LogP contribution is 2.31. The lowest BCUT2D eigenvalue weighted by atomic mass is 9.83. The van der Waals surface area contributed by atoms with Gasteiger partial charge in [-0.15, -0.1) is 0 Å². The van der Waals surface area contributed by atoms with Crippen LogP contribution in [0.5, 0.6) is 0 Å². The maximum absolute atomic E-state index is 13.8. The fourth-order valence-electron chi connectivity index (χ4n) is 3.30. The molecule has 0 atom stereocenters. The molecule has 154 valence electrons. The summed E-state index contributed by atoms with van der Waals surface area (Å²) in [5.41, 5.74) is 0.465. The summed E-state index contributed by atoms with van der Waals surface area (Å²) in [6, 6.07) is 14.3. The molecule has 0 fully saturated rings. The fourth-order valence-corrected chi connectivity index (χ4v) is 3.47. The van der Waals surface area contributed by atoms with Gasteiger partial charge < -0.3 is 10.1 Å². The fraction of sp³-hybridized carbons (Fsp3) is 0.0435. The van der Waals surface area contributed by atoms with Crippen LogP contribution in [0.15, 0.2) is 60.7 Å². The summed E-state index contributed by atoms with van der Waals surface area (Å²) < 4.78 is 18.6. The monoisotopic (exact) mass is 437 g/mol. The van der Waals surface area contributed by atoms with Crippen LogP contribution in [0.3, 0.4) is 0 Å². The van der Waals surface area contributed by atoms with Crippen LogP contribution in [0.1, 0.15) is 42.2 Å². The van der Waals surface area contributed by atoms with Crippen LogP contribution in [0, 0.1) is 5.82 Å². The molecule has 0 spiro atoms. The molecule has 0 saturated heterocycles. The summed E-state index contributed by atoms with van der Waals surface area (Å²) >= 11 is 5.75. The SMILES string of the molecule is O=C(COC(=O)c1cc(Cl)ccc1F)Nc1cccc2c1C(=O)c1ccccc1C2=O. The molecule has 6 nitrogen and oxygen atoms in total. The van der Waals surface area contributed by atoms with Gasteiger partial charge in [0, 0.05) is 21.7 Å². The third-order valence-corrected chi connectivity index (χ3v) is 4.94. The molecule has 0 aromatic heterocycles. The molecule has 0 heterocycles. The Hall–Kier alpha value is -3.84. The van der Waals surface area contributed by atoms with Gasteiger partial charge in [0.2, 0.25) is 0 Å². The van der Waals surface area contributed by atoms with Crippen LogP contribution < -0.4 is 5.32 Å². The average Bonchev–Trinajstić information content (AvgIpc) is 2.77. The molecular formula is C23H13ClFNO5. The topological polar surface area (TPSA) is 89.5 Å². The van der Waals surface area contributed by atoms with Crippen molar-refractivity contribution in [2.75, 3.05) is 11.9 Å². The Morgan fingerprint density at radius 1 is 0.903 bits per heavy atom. The number of ketones is 2. The van der Waals surface area contributed by atoms with E-state index in [0.717, 1.165) is 12.1 Å². The van der Waals surface area contributed by atoms with Crippen molar-refractivity contribution in [3.05, 3.63) is 99.3 Å². The summed E-state index contributed by atoms with van der Waals surface area (Å²) in [5, 5.41) is 2.61. The van der Waals surface area contributed by atoms with Gasteiger partial charge in [0.15, 0.2) is 18.2 Å². The standard InChI is InChI=1S/C23H13ClFNO5/c24-12-8-9-17(25)16(10-12)23(30)31-11-19(27)26-18-7-3-6-15-20(18)22(29)14-5-2-1-4-13(14)21(15)28/h1-10H,11H2,(H,26,27). The number of halogens is 2. The lowest BCUT2D eigenvalue weighted by Gasteiger charge is -2.20. The highest BCUT2D eigenvalue weighted by molar-refractivity contribution is 6.31. The average molecular weight is 438 g/mol. The van der Waals surface area contributed by atoms with Gasteiger partial charge in [-0.05, 0) is 24.3 Å². The number of carbonyl (C=O) groups excluding carboxylic acids is 4. The zero-order valence-electron chi connectivity index (χ0n) is 15.8. The first-order chi connectivity index (χ1) is 14.9. The summed E-state index contributed by atoms with van der Waals surface area (Å²) in [4.78, 5) is 50.0. The number of amides is 1. The number of hydrogen-bond donors (Lipinski definition) is 1. The maximum atomic E-state index is 13.8. The number of hydrogen-bond acceptors (Lipinski definition) is 5. The predicted molar refractivity (Wildman–Crippen MR) is 110 cm³/mol. The second-order valence-corrected chi connectivity index (χ2v) is 7.12. The first kappa shape index (κ1) is 20.4. The number of ether oxygens (including phenoxy) is 1. The Kier molecular flexibility index (Phi) is 5.35. The van der Waals surface area contributed by atoms with Crippen LogP contribution >= 0.6 is 11.6 Å². The Balaban J connectivity index is 1.52. The van der Waals surface area contributed by atoms with Crippen molar-refractivity contribution >= 4 is 40.7 Å². The number of carbonyl (C=O) groups is 4.